The lowest BCUT2D eigenvalue weighted by atomic mass is 9.78. The summed E-state index contributed by atoms with van der Waals surface area (Å²) in [6.45, 7) is 3.39. The average Bonchev–Trinajstić information content (AvgIpc) is 3.13. The van der Waals surface area contributed by atoms with Gasteiger partial charge in [-0.1, -0.05) is 6.92 Å². The Kier molecular flexibility index (Phi) is 3.91. The van der Waals surface area contributed by atoms with Crippen LogP contribution in [0.15, 0.2) is 16.8 Å². The SMILES string of the molecule is CC1CCC(C#N)C(N(Cc2ccsc2)C2CC2)C1. The first kappa shape index (κ1) is 13.1. The predicted octanol–water partition coefficient (Wildman–Crippen LogP) is 4.04. The van der Waals surface area contributed by atoms with E-state index in [1.54, 1.807) is 11.3 Å². The Morgan fingerprint density at radius 2 is 2.21 bits per heavy atom. The molecular weight excluding hydrogens is 252 g/mol. The van der Waals surface area contributed by atoms with Gasteiger partial charge < -0.3 is 0 Å². The Morgan fingerprint density at radius 1 is 1.37 bits per heavy atom. The van der Waals surface area contributed by atoms with Crippen LogP contribution in [0, 0.1) is 23.2 Å². The second-order valence-electron chi connectivity index (χ2n) is 6.26. The largest absolute Gasteiger partial charge is 0.292 e. The van der Waals surface area contributed by atoms with Crippen LogP contribution in [0.5, 0.6) is 0 Å². The minimum atomic E-state index is 0.246. The zero-order valence-electron chi connectivity index (χ0n) is 11.6. The van der Waals surface area contributed by atoms with Crippen LogP contribution in [0.1, 0.15) is 44.6 Å². The normalized spacial score (nSPS) is 31.3. The standard InChI is InChI=1S/C16H22N2S/c1-12-2-3-14(9-17)16(8-12)18(15-4-5-15)10-13-6-7-19-11-13/h6-7,11-12,14-16H,2-5,8,10H2,1H3. The van der Waals surface area contributed by atoms with Crippen molar-refractivity contribution in [2.45, 2.75) is 57.7 Å². The van der Waals surface area contributed by atoms with Gasteiger partial charge in [0.05, 0.1) is 12.0 Å². The molecule has 3 heteroatoms. The van der Waals surface area contributed by atoms with E-state index < -0.39 is 0 Å². The van der Waals surface area contributed by atoms with Crippen LogP contribution in [-0.4, -0.2) is 17.0 Å². The van der Waals surface area contributed by atoms with Crippen molar-refractivity contribution in [3.63, 3.8) is 0 Å². The Labute approximate surface area is 120 Å². The third-order valence-corrected chi connectivity index (χ3v) is 5.36. The van der Waals surface area contributed by atoms with E-state index in [9.17, 15) is 5.26 Å². The summed E-state index contributed by atoms with van der Waals surface area (Å²) in [5.74, 6) is 1.02. The van der Waals surface area contributed by atoms with E-state index in [-0.39, 0.29) is 5.92 Å². The molecular formula is C16H22N2S. The quantitative estimate of drug-likeness (QED) is 0.828. The summed E-state index contributed by atoms with van der Waals surface area (Å²) in [7, 11) is 0. The number of hydrogen-bond acceptors (Lipinski definition) is 3. The molecule has 1 aromatic rings. The molecule has 3 atom stereocenters. The summed E-state index contributed by atoms with van der Waals surface area (Å²) in [5, 5.41) is 13.9. The summed E-state index contributed by atoms with van der Waals surface area (Å²) in [4.78, 5) is 2.64. The van der Waals surface area contributed by atoms with Gasteiger partial charge >= 0.3 is 0 Å². The van der Waals surface area contributed by atoms with Gasteiger partial charge in [0.2, 0.25) is 0 Å². The average molecular weight is 274 g/mol. The van der Waals surface area contributed by atoms with Crippen LogP contribution < -0.4 is 0 Å². The number of nitrogens with zero attached hydrogens (tertiary/aromatic N) is 2. The summed E-state index contributed by atoms with van der Waals surface area (Å²) in [6.07, 6.45) is 6.18. The molecule has 0 radical (unpaired) electrons. The van der Waals surface area contributed by atoms with Crippen LogP contribution in [0.3, 0.4) is 0 Å². The first-order chi connectivity index (χ1) is 9.28. The van der Waals surface area contributed by atoms with E-state index in [2.05, 4.69) is 34.7 Å². The van der Waals surface area contributed by atoms with Gasteiger partial charge in [-0.25, -0.2) is 0 Å². The predicted molar refractivity (Wildman–Crippen MR) is 78.8 cm³/mol. The number of hydrogen-bond donors (Lipinski definition) is 0. The van der Waals surface area contributed by atoms with Crippen LogP contribution in [0.2, 0.25) is 0 Å². The molecule has 0 aromatic carbocycles. The lowest BCUT2D eigenvalue weighted by molar-refractivity contribution is 0.0910. The van der Waals surface area contributed by atoms with Gasteiger partial charge in [-0.2, -0.15) is 16.6 Å². The van der Waals surface area contributed by atoms with E-state index in [0.29, 0.717) is 6.04 Å². The zero-order valence-corrected chi connectivity index (χ0v) is 12.4. The van der Waals surface area contributed by atoms with Crippen LogP contribution in [0.25, 0.3) is 0 Å². The molecule has 1 aromatic heterocycles. The Morgan fingerprint density at radius 3 is 2.84 bits per heavy atom. The summed E-state index contributed by atoms with van der Waals surface area (Å²) in [6, 6.07) is 6.04. The van der Waals surface area contributed by atoms with Crippen molar-refractivity contribution in [2.24, 2.45) is 11.8 Å². The second-order valence-corrected chi connectivity index (χ2v) is 7.04. The first-order valence-corrected chi connectivity index (χ1v) is 8.38. The summed E-state index contributed by atoms with van der Waals surface area (Å²) < 4.78 is 0. The maximum atomic E-state index is 9.45. The van der Waals surface area contributed by atoms with Gasteiger partial charge in [0.15, 0.2) is 0 Å². The highest BCUT2D eigenvalue weighted by Crippen LogP contribution is 2.39. The van der Waals surface area contributed by atoms with E-state index in [1.807, 2.05) is 0 Å². The molecule has 1 heterocycles. The molecule has 0 spiro atoms. The molecule has 3 unspecified atom stereocenters. The number of thiophene rings is 1. The molecule has 0 N–H and O–H groups in total. The number of nitriles is 1. The van der Waals surface area contributed by atoms with Gasteiger partial charge in [0, 0.05) is 18.6 Å². The summed E-state index contributed by atoms with van der Waals surface area (Å²) in [5.41, 5.74) is 1.42. The topological polar surface area (TPSA) is 27.0 Å². The fraction of sp³-hybridized carbons (Fsp3) is 0.688. The Hall–Kier alpha value is -0.850. The monoisotopic (exact) mass is 274 g/mol. The Balaban J connectivity index is 1.76. The number of rotatable bonds is 4. The maximum absolute atomic E-state index is 9.45. The third kappa shape index (κ3) is 3.01. The molecule has 0 bridgehead atoms. The fourth-order valence-corrected chi connectivity index (χ4v) is 4.04. The van der Waals surface area contributed by atoms with Gasteiger partial charge in [0.25, 0.3) is 0 Å². The van der Waals surface area contributed by atoms with Crippen molar-refractivity contribution in [2.75, 3.05) is 0 Å². The highest BCUT2D eigenvalue weighted by Gasteiger charge is 2.40. The van der Waals surface area contributed by atoms with E-state index in [0.717, 1.165) is 24.9 Å². The van der Waals surface area contributed by atoms with Gasteiger partial charge in [-0.3, -0.25) is 4.90 Å². The second kappa shape index (κ2) is 5.64. The van der Waals surface area contributed by atoms with Gasteiger partial charge in [-0.05, 0) is 60.4 Å². The molecule has 102 valence electrons. The van der Waals surface area contributed by atoms with Crippen molar-refractivity contribution in [1.29, 1.82) is 5.26 Å². The molecule has 19 heavy (non-hydrogen) atoms. The van der Waals surface area contributed by atoms with Crippen molar-refractivity contribution < 1.29 is 0 Å². The molecule has 2 fully saturated rings. The molecule has 2 aliphatic carbocycles. The summed E-state index contributed by atoms with van der Waals surface area (Å²) >= 11 is 1.78. The van der Waals surface area contributed by atoms with E-state index in [4.69, 9.17) is 0 Å². The fourth-order valence-electron chi connectivity index (χ4n) is 3.38. The van der Waals surface area contributed by atoms with Crippen LogP contribution >= 0.6 is 11.3 Å². The highest BCUT2D eigenvalue weighted by atomic mass is 32.1. The lowest BCUT2D eigenvalue weighted by Gasteiger charge is -2.39. The Bertz CT molecular complexity index is 444. The molecule has 2 aliphatic rings. The molecule has 2 nitrogen and oxygen atoms in total. The van der Waals surface area contributed by atoms with Crippen molar-refractivity contribution in [1.82, 2.24) is 4.90 Å². The maximum Gasteiger partial charge on any atom is 0.0672 e. The molecule has 0 aliphatic heterocycles. The van der Waals surface area contributed by atoms with Crippen molar-refractivity contribution >= 4 is 11.3 Å². The zero-order chi connectivity index (χ0) is 13.2. The smallest absolute Gasteiger partial charge is 0.0672 e. The molecule has 0 saturated heterocycles. The van der Waals surface area contributed by atoms with Crippen molar-refractivity contribution in [3.05, 3.63) is 22.4 Å². The van der Waals surface area contributed by atoms with E-state index in [1.165, 1.54) is 31.2 Å². The third-order valence-electron chi connectivity index (χ3n) is 4.63. The molecule has 0 amide bonds. The van der Waals surface area contributed by atoms with Gasteiger partial charge in [0.1, 0.15) is 0 Å². The first-order valence-electron chi connectivity index (χ1n) is 7.44. The molecule has 3 rings (SSSR count). The van der Waals surface area contributed by atoms with Crippen molar-refractivity contribution in [3.8, 4) is 6.07 Å². The van der Waals surface area contributed by atoms with Gasteiger partial charge in [-0.15, -0.1) is 0 Å². The minimum Gasteiger partial charge on any atom is -0.292 e. The molecule has 2 saturated carbocycles. The van der Waals surface area contributed by atoms with Crippen LogP contribution in [0.4, 0.5) is 0 Å². The highest BCUT2D eigenvalue weighted by molar-refractivity contribution is 7.07. The van der Waals surface area contributed by atoms with E-state index >= 15 is 0 Å². The van der Waals surface area contributed by atoms with Crippen LogP contribution in [-0.2, 0) is 6.54 Å². The lowest BCUT2D eigenvalue weighted by Crippen LogP contribution is -2.44. The minimum absolute atomic E-state index is 0.246.